The Kier molecular flexibility index (Phi) is 4.64. The lowest BCUT2D eigenvalue weighted by Crippen LogP contribution is -2.36. The van der Waals surface area contributed by atoms with Gasteiger partial charge < -0.3 is 0 Å². The monoisotopic (exact) mass is 300 g/mol. The van der Waals surface area contributed by atoms with Crippen LogP contribution in [-0.2, 0) is 0 Å². The van der Waals surface area contributed by atoms with Gasteiger partial charge >= 0.3 is 0 Å². The Morgan fingerprint density at radius 1 is 1.24 bits per heavy atom. The SMILES string of the molecule is FC1CCN(C(C#Cc2ccccc2)c2cncs2)CC1. The fraction of sp³-hybridized carbons (Fsp3) is 0.353. The van der Waals surface area contributed by atoms with Gasteiger partial charge in [0.15, 0.2) is 0 Å². The second-order valence-corrected chi connectivity index (χ2v) is 6.07. The van der Waals surface area contributed by atoms with Crippen molar-refractivity contribution >= 4 is 11.3 Å². The van der Waals surface area contributed by atoms with Gasteiger partial charge in [0.1, 0.15) is 12.2 Å². The molecule has 0 aliphatic carbocycles. The first kappa shape index (κ1) is 14.2. The van der Waals surface area contributed by atoms with Crippen LogP contribution in [0.15, 0.2) is 42.0 Å². The summed E-state index contributed by atoms with van der Waals surface area (Å²) < 4.78 is 13.3. The van der Waals surface area contributed by atoms with E-state index in [1.165, 1.54) is 0 Å². The number of likely N-dealkylation sites (tertiary alicyclic amines) is 1. The number of rotatable bonds is 2. The lowest BCUT2D eigenvalue weighted by Gasteiger charge is -2.32. The van der Waals surface area contributed by atoms with Crippen molar-refractivity contribution < 1.29 is 4.39 Å². The van der Waals surface area contributed by atoms with Crippen LogP contribution in [0.4, 0.5) is 4.39 Å². The number of halogens is 1. The molecule has 1 fully saturated rings. The maximum atomic E-state index is 13.3. The Bertz CT molecular complexity index is 607. The normalized spacial score (nSPS) is 18.0. The van der Waals surface area contributed by atoms with Crippen molar-refractivity contribution in [1.29, 1.82) is 0 Å². The van der Waals surface area contributed by atoms with E-state index in [1.807, 2.05) is 42.0 Å². The van der Waals surface area contributed by atoms with Crippen LogP contribution >= 0.6 is 11.3 Å². The minimum atomic E-state index is -0.662. The van der Waals surface area contributed by atoms with E-state index in [9.17, 15) is 4.39 Å². The fourth-order valence-corrected chi connectivity index (χ4v) is 3.20. The van der Waals surface area contributed by atoms with Gasteiger partial charge in [-0.25, -0.2) is 4.39 Å². The average molecular weight is 300 g/mol. The van der Waals surface area contributed by atoms with Gasteiger partial charge in [-0.05, 0) is 25.0 Å². The zero-order valence-electron chi connectivity index (χ0n) is 11.7. The van der Waals surface area contributed by atoms with Crippen LogP contribution in [0, 0.1) is 11.8 Å². The zero-order chi connectivity index (χ0) is 14.5. The molecule has 1 unspecified atom stereocenters. The van der Waals surface area contributed by atoms with Gasteiger partial charge in [-0.3, -0.25) is 9.88 Å². The summed E-state index contributed by atoms with van der Waals surface area (Å²) in [4.78, 5) is 7.56. The van der Waals surface area contributed by atoms with E-state index >= 15 is 0 Å². The van der Waals surface area contributed by atoms with Crippen LogP contribution in [0.3, 0.4) is 0 Å². The molecule has 1 aromatic heterocycles. The Morgan fingerprint density at radius 2 is 2.00 bits per heavy atom. The quantitative estimate of drug-likeness (QED) is 0.787. The molecule has 0 radical (unpaired) electrons. The highest BCUT2D eigenvalue weighted by molar-refractivity contribution is 7.09. The molecular weight excluding hydrogens is 283 g/mol. The maximum absolute atomic E-state index is 13.3. The summed E-state index contributed by atoms with van der Waals surface area (Å²) in [5, 5.41) is 0. The summed E-state index contributed by atoms with van der Waals surface area (Å²) in [5.74, 6) is 6.58. The fourth-order valence-electron chi connectivity index (χ4n) is 2.50. The van der Waals surface area contributed by atoms with Gasteiger partial charge in [0, 0.05) is 24.8 Å². The standard InChI is InChI=1S/C17H17FN2S/c18-15-8-10-20(11-9-15)16(17-12-19-13-21-17)7-6-14-4-2-1-3-5-14/h1-5,12-13,15-16H,8-11H2. The molecule has 2 heterocycles. The molecule has 0 bridgehead atoms. The molecule has 1 atom stereocenters. The first-order valence-corrected chi connectivity index (χ1v) is 8.04. The zero-order valence-corrected chi connectivity index (χ0v) is 12.5. The molecule has 108 valence electrons. The Hall–Kier alpha value is -1.70. The number of piperidine rings is 1. The first-order valence-electron chi connectivity index (χ1n) is 7.16. The molecule has 3 rings (SSSR count). The van der Waals surface area contributed by atoms with Gasteiger partial charge in [-0.1, -0.05) is 30.0 Å². The lowest BCUT2D eigenvalue weighted by atomic mass is 10.1. The predicted molar refractivity (Wildman–Crippen MR) is 83.9 cm³/mol. The van der Waals surface area contributed by atoms with E-state index in [-0.39, 0.29) is 6.04 Å². The highest BCUT2D eigenvalue weighted by Crippen LogP contribution is 2.27. The smallest absolute Gasteiger partial charge is 0.108 e. The highest BCUT2D eigenvalue weighted by atomic mass is 32.1. The summed E-state index contributed by atoms with van der Waals surface area (Å²) >= 11 is 1.61. The van der Waals surface area contributed by atoms with Crippen molar-refractivity contribution in [2.24, 2.45) is 0 Å². The third-order valence-electron chi connectivity index (χ3n) is 3.67. The molecule has 1 aliphatic heterocycles. The van der Waals surface area contributed by atoms with Crippen molar-refractivity contribution in [2.45, 2.75) is 25.1 Å². The number of benzene rings is 1. The van der Waals surface area contributed by atoms with E-state index in [1.54, 1.807) is 11.3 Å². The second kappa shape index (κ2) is 6.84. The van der Waals surface area contributed by atoms with E-state index in [4.69, 9.17) is 0 Å². The van der Waals surface area contributed by atoms with E-state index < -0.39 is 6.17 Å². The van der Waals surface area contributed by atoms with Crippen molar-refractivity contribution in [3.05, 3.63) is 52.5 Å². The second-order valence-electron chi connectivity index (χ2n) is 5.15. The minimum Gasteiger partial charge on any atom is -0.285 e. The number of thiazole rings is 1. The Balaban J connectivity index is 1.82. The summed E-state index contributed by atoms with van der Waals surface area (Å²) in [6.07, 6.45) is 2.41. The van der Waals surface area contributed by atoms with Crippen molar-refractivity contribution in [2.75, 3.05) is 13.1 Å². The molecule has 0 amide bonds. The molecule has 2 nitrogen and oxygen atoms in total. The van der Waals surface area contributed by atoms with Crippen LogP contribution < -0.4 is 0 Å². The van der Waals surface area contributed by atoms with E-state index in [2.05, 4.69) is 21.7 Å². The first-order chi connectivity index (χ1) is 10.3. The Labute approximate surface area is 128 Å². The van der Waals surface area contributed by atoms with Gasteiger partial charge in [0.2, 0.25) is 0 Å². The molecule has 4 heteroatoms. The molecule has 0 spiro atoms. The molecule has 0 N–H and O–H groups in total. The van der Waals surface area contributed by atoms with E-state index in [0.717, 1.165) is 23.5 Å². The van der Waals surface area contributed by atoms with E-state index in [0.29, 0.717) is 12.8 Å². The molecule has 21 heavy (non-hydrogen) atoms. The molecule has 1 aliphatic rings. The van der Waals surface area contributed by atoms with Crippen molar-refractivity contribution in [3.8, 4) is 11.8 Å². The van der Waals surface area contributed by atoms with Gasteiger partial charge in [-0.15, -0.1) is 11.3 Å². The van der Waals surface area contributed by atoms with Crippen LogP contribution in [0.1, 0.15) is 29.3 Å². The van der Waals surface area contributed by atoms with Crippen LogP contribution in [0.5, 0.6) is 0 Å². The van der Waals surface area contributed by atoms with Crippen LogP contribution in [-0.4, -0.2) is 29.1 Å². The number of nitrogens with zero attached hydrogens (tertiary/aromatic N) is 2. The number of alkyl halides is 1. The van der Waals surface area contributed by atoms with Gasteiger partial charge in [0.25, 0.3) is 0 Å². The largest absolute Gasteiger partial charge is 0.285 e. The predicted octanol–water partition coefficient (Wildman–Crippen LogP) is 3.67. The number of hydrogen-bond acceptors (Lipinski definition) is 3. The van der Waals surface area contributed by atoms with Crippen LogP contribution in [0.2, 0.25) is 0 Å². The maximum Gasteiger partial charge on any atom is 0.108 e. The van der Waals surface area contributed by atoms with Crippen LogP contribution in [0.25, 0.3) is 0 Å². The third-order valence-corrected chi connectivity index (χ3v) is 4.50. The molecule has 0 saturated carbocycles. The lowest BCUT2D eigenvalue weighted by molar-refractivity contribution is 0.133. The molecule has 1 aromatic carbocycles. The average Bonchev–Trinajstić information content (AvgIpc) is 3.04. The minimum absolute atomic E-state index is 0.0187. The summed E-state index contributed by atoms with van der Waals surface area (Å²) in [7, 11) is 0. The Morgan fingerprint density at radius 3 is 2.67 bits per heavy atom. The number of aromatic nitrogens is 1. The van der Waals surface area contributed by atoms with Gasteiger partial charge in [0.05, 0.1) is 10.4 Å². The summed E-state index contributed by atoms with van der Waals surface area (Å²) in [5.41, 5.74) is 2.83. The highest BCUT2D eigenvalue weighted by Gasteiger charge is 2.25. The van der Waals surface area contributed by atoms with Crippen molar-refractivity contribution in [1.82, 2.24) is 9.88 Å². The molecule has 1 saturated heterocycles. The van der Waals surface area contributed by atoms with Gasteiger partial charge in [-0.2, -0.15) is 0 Å². The topological polar surface area (TPSA) is 16.1 Å². The molecule has 2 aromatic rings. The summed E-state index contributed by atoms with van der Waals surface area (Å²) in [6, 6.07) is 9.98. The summed E-state index contributed by atoms with van der Waals surface area (Å²) in [6.45, 7) is 1.51. The third kappa shape index (κ3) is 3.69. The molecular formula is C17H17FN2S. The van der Waals surface area contributed by atoms with Crippen molar-refractivity contribution in [3.63, 3.8) is 0 Å². The number of hydrogen-bond donors (Lipinski definition) is 0.